The smallest absolute Gasteiger partial charge is 0.248 e. The van der Waals surface area contributed by atoms with E-state index >= 15 is 0 Å². The number of hydrogen-bond donors (Lipinski definition) is 2. The summed E-state index contributed by atoms with van der Waals surface area (Å²) in [5.41, 5.74) is 6.77. The lowest BCUT2D eigenvalue weighted by Gasteiger charge is -2.09. The zero-order valence-corrected chi connectivity index (χ0v) is 10.5. The summed E-state index contributed by atoms with van der Waals surface area (Å²) in [5, 5.41) is 3.34. The first-order chi connectivity index (χ1) is 8.75. The molecule has 1 amide bonds. The van der Waals surface area contributed by atoms with Crippen LogP contribution in [0.4, 0.5) is 0 Å². The van der Waals surface area contributed by atoms with E-state index in [1.807, 2.05) is 12.1 Å². The molecule has 1 aliphatic rings. The molecule has 3 N–H and O–H groups in total. The van der Waals surface area contributed by atoms with Gasteiger partial charge in [0, 0.05) is 12.2 Å². The van der Waals surface area contributed by atoms with E-state index in [2.05, 4.69) is 5.32 Å². The van der Waals surface area contributed by atoms with Crippen molar-refractivity contribution < 1.29 is 9.53 Å². The Morgan fingerprint density at radius 1 is 1.50 bits per heavy atom. The van der Waals surface area contributed by atoms with Crippen molar-refractivity contribution in [3.05, 3.63) is 35.4 Å². The summed E-state index contributed by atoms with van der Waals surface area (Å²) < 4.78 is 5.64. The first kappa shape index (κ1) is 13.1. The van der Waals surface area contributed by atoms with Crippen LogP contribution in [-0.4, -0.2) is 25.6 Å². The maximum Gasteiger partial charge on any atom is 0.248 e. The van der Waals surface area contributed by atoms with E-state index in [9.17, 15) is 4.79 Å². The van der Waals surface area contributed by atoms with Gasteiger partial charge < -0.3 is 15.8 Å². The summed E-state index contributed by atoms with van der Waals surface area (Å²) in [5.74, 6) is 0.357. The topological polar surface area (TPSA) is 64.4 Å². The van der Waals surface area contributed by atoms with Gasteiger partial charge in [-0.1, -0.05) is 12.1 Å². The van der Waals surface area contributed by atoms with Crippen LogP contribution >= 0.6 is 0 Å². The van der Waals surface area contributed by atoms with Crippen LogP contribution in [0.5, 0.6) is 0 Å². The number of primary amides is 1. The summed E-state index contributed by atoms with van der Waals surface area (Å²) in [4.78, 5) is 11.0. The average Bonchev–Trinajstić information content (AvgIpc) is 2.88. The summed E-state index contributed by atoms with van der Waals surface area (Å²) in [6.07, 6.45) is 2.35. The zero-order valence-electron chi connectivity index (χ0n) is 10.5. The fourth-order valence-electron chi connectivity index (χ4n) is 2.22. The van der Waals surface area contributed by atoms with E-state index in [4.69, 9.17) is 10.5 Å². The van der Waals surface area contributed by atoms with Gasteiger partial charge >= 0.3 is 0 Å². The van der Waals surface area contributed by atoms with Gasteiger partial charge in [0.05, 0.1) is 6.61 Å². The van der Waals surface area contributed by atoms with Crippen molar-refractivity contribution in [2.75, 3.05) is 19.7 Å². The molecule has 1 heterocycles. The van der Waals surface area contributed by atoms with Gasteiger partial charge in [-0.15, -0.1) is 0 Å². The van der Waals surface area contributed by atoms with Crippen LogP contribution in [0.2, 0.25) is 0 Å². The van der Waals surface area contributed by atoms with Gasteiger partial charge in [-0.3, -0.25) is 4.79 Å². The summed E-state index contributed by atoms with van der Waals surface area (Å²) in [6, 6.07) is 7.29. The van der Waals surface area contributed by atoms with Gasteiger partial charge in [0.1, 0.15) is 0 Å². The van der Waals surface area contributed by atoms with E-state index in [-0.39, 0.29) is 0 Å². The highest BCUT2D eigenvalue weighted by Crippen LogP contribution is 2.13. The summed E-state index contributed by atoms with van der Waals surface area (Å²) in [7, 11) is 0. The van der Waals surface area contributed by atoms with Crippen LogP contribution in [0.3, 0.4) is 0 Å². The Hall–Kier alpha value is -1.39. The lowest BCUT2D eigenvalue weighted by molar-refractivity contribution is 0.0998. The molecule has 98 valence electrons. The molecular formula is C14H20N2O2. The molecule has 0 bridgehead atoms. The van der Waals surface area contributed by atoms with Crippen LogP contribution in [0, 0.1) is 5.92 Å². The maximum atomic E-state index is 11.0. The third kappa shape index (κ3) is 3.82. The Morgan fingerprint density at radius 2 is 2.39 bits per heavy atom. The van der Waals surface area contributed by atoms with Gasteiger partial charge in [0.2, 0.25) is 5.91 Å². The number of amides is 1. The standard InChI is InChI=1S/C14H20N2O2/c15-14(17)13-3-1-2-12(8-13)10-18-7-5-11-4-6-16-9-11/h1-3,8,11,16H,4-7,9-10H2,(H2,15,17). The van der Waals surface area contributed by atoms with Gasteiger partial charge in [-0.05, 0) is 49.5 Å². The molecule has 18 heavy (non-hydrogen) atoms. The van der Waals surface area contributed by atoms with Gasteiger partial charge in [-0.2, -0.15) is 0 Å². The highest BCUT2D eigenvalue weighted by atomic mass is 16.5. The Kier molecular flexibility index (Phi) is 4.73. The van der Waals surface area contributed by atoms with Crippen molar-refractivity contribution in [2.45, 2.75) is 19.4 Å². The highest BCUT2D eigenvalue weighted by Gasteiger charge is 2.13. The minimum Gasteiger partial charge on any atom is -0.377 e. The van der Waals surface area contributed by atoms with E-state index in [0.717, 1.165) is 37.6 Å². The van der Waals surface area contributed by atoms with Crippen LogP contribution < -0.4 is 11.1 Å². The number of ether oxygens (including phenoxy) is 1. The normalized spacial score (nSPS) is 19.0. The second-order valence-corrected chi connectivity index (χ2v) is 4.76. The number of rotatable bonds is 6. The Bertz CT molecular complexity index is 401. The molecule has 2 rings (SSSR count). The molecule has 1 aromatic rings. The average molecular weight is 248 g/mol. The predicted octanol–water partition coefficient (Wildman–Crippen LogP) is 1.30. The van der Waals surface area contributed by atoms with Crippen LogP contribution in [0.25, 0.3) is 0 Å². The third-order valence-corrected chi connectivity index (χ3v) is 3.31. The summed E-state index contributed by atoms with van der Waals surface area (Å²) >= 11 is 0. The fourth-order valence-corrected chi connectivity index (χ4v) is 2.22. The zero-order chi connectivity index (χ0) is 12.8. The lowest BCUT2D eigenvalue weighted by atomic mass is 10.1. The van der Waals surface area contributed by atoms with E-state index in [1.54, 1.807) is 12.1 Å². The molecule has 0 saturated carbocycles. The van der Waals surface area contributed by atoms with Crippen molar-refractivity contribution >= 4 is 5.91 Å². The third-order valence-electron chi connectivity index (χ3n) is 3.31. The van der Waals surface area contributed by atoms with Crippen LogP contribution in [-0.2, 0) is 11.3 Å². The molecule has 1 atom stereocenters. The molecule has 4 heteroatoms. The van der Waals surface area contributed by atoms with Crippen molar-refractivity contribution in [3.63, 3.8) is 0 Å². The van der Waals surface area contributed by atoms with Crippen LogP contribution in [0.1, 0.15) is 28.8 Å². The molecule has 1 saturated heterocycles. The molecule has 0 spiro atoms. The molecule has 1 unspecified atom stereocenters. The number of benzene rings is 1. The predicted molar refractivity (Wildman–Crippen MR) is 70.2 cm³/mol. The lowest BCUT2D eigenvalue weighted by Crippen LogP contribution is -2.12. The maximum absolute atomic E-state index is 11.0. The van der Waals surface area contributed by atoms with Crippen molar-refractivity contribution in [2.24, 2.45) is 11.7 Å². The molecule has 4 nitrogen and oxygen atoms in total. The Labute approximate surface area is 108 Å². The van der Waals surface area contributed by atoms with Crippen molar-refractivity contribution in [3.8, 4) is 0 Å². The molecule has 0 radical (unpaired) electrons. The first-order valence-electron chi connectivity index (χ1n) is 6.43. The minimum atomic E-state index is -0.395. The largest absolute Gasteiger partial charge is 0.377 e. The summed E-state index contributed by atoms with van der Waals surface area (Å²) in [6.45, 7) is 3.56. The molecule has 1 aliphatic heterocycles. The number of nitrogens with two attached hydrogens (primary N) is 1. The number of hydrogen-bond acceptors (Lipinski definition) is 3. The van der Waals surface area contributed by atoms with Crippen molar-refractivity contribution in [1.82, 2.24) is 5.32 Å². The molecule has 1 aromatic carbocycles. The first-order valence-corrected chi connectivity index (χ1v) is 6.43. The molecular weight excluding hydrogens is 228 g/mol. The SMILES string of the molecule is NC(=O)c1cccc(COCCC2CCNC2)c1. The molecule has 0 aromatic heterocycles. The molecule has 1 fully saturated rings. The monoisotopic (exact) mass is 248 g/mol. The second-order valence-electron chi connectivity index (χ2n) is 4.76. The second kappa shape index (κ2) is 6.52. The van der Waals surface area contributed by atoms with Crippen LogP contribution in [0.15, 0.2) is 24.3 Å². The van der Waals surface area contributed by atoms with E-state index in [0.29, 0.717) is 12.2 Å². The van der Waals surface area contributed by atoms with Gasteiger partial charge in [0.25, 0.3) is 0 Å². The number of carbonyl (C=O) groups is 1. The fraction of sp³-hybridized carbons (Fsp3) is 0.500. The number of nitrogens with one attached hydrogen (secondary N) is 1. The van der Waals surface area contributed by atoms with E-state index in [1.165, 1.54) is 6.42 Å². The molecule has 0 aliphatic carbocycles. The number of carbonyl (C=O) groups excluding carboxylic acids is 1. The van der Waals surface area contributed by atoms with Gasteiger partial charge in [-0.25, -0.2) is 0 Å². The van der Waals surface area contributed by atoms with Gasteiger partial charge in [0.15, 0.2) is 0 Å². The highest BCUT2D eigenvalue weighted by molar-refractivity contribution is 5.92. The Balaban J connectivity index is 1.72. The van der Waals surface area contributed by atoms with Crippen molar-refractivity contribution in [1.29, 1.82) is 0 Å². The minimum absolute atomic E-state index is 0.395. The quantitative estimate of drug-likeness (QED) is 0.746. The van der Waals surface area contributed by atoms with E-state index < -0.39 is 5.91 Å². The Morgan fingerprint density at radius 3 is 3.11 bits per heavy atom.